The van der Waals surface area contributed by atoms with Crippen molar-refractivity contribution in [3.8, 4) is 0 Å². The van der Waals surface area contributed by atoms with E-state index in [4.69, 9.17) is 5.11 Å². The molecule has 0 aromatic carbocycles. The fourth-order valence-electron chi connectivity index (χ4n) is 0.956. The third-order valence-corrected chi connectivity index (χ3v) is 3.29. The van der Waals surface area contributed by atoms with Crippen LogP contribution in [0, 0.1) is 5.41 Å². The molecule has 0 aromatic rings. The molecule has 13 heavy (non-hydrogen) atoms. The van der Waals surface area contributed by atoms with E-state index in [0.717, 1.165) is 0 Å². The van der Waals surface area contributed by atoms with Crippen LogP contribution in [-0.4, -0.2) is 31.9 Å². The standard InChI is InChI=1S/C8H19NO3S/c1-7(5-10)9-13(11,12)6-8(2,3)4/h7,9-10H,5-6H2,1-4H3/t7-/m0/s1. The fraction of sp³-hybridized carbons (Fsp3) is 1.00. The highest BCUT2D eigenvalue weighted by Crippen LogP contribution is 2.15. The van der Waals surface area contributed by atoms with Crippen molar-refractivity contribution in [1.29, 1.82) is 0 Å². The zero-order valence-corrected chi connectivity index (χ0v) is 9.48. The van der Waals surface area contributed by atoms with Gasteiger partial charge in [-0.2, -0.15) is 0 Å². The summed E-state index contributed by atoms with van der Waals surface area (Å²) in [5.41, 5.74) is -0.263. The molecule has 80 valence electrons. The van der Waals surface area contributed by atoms with Gasteiger partial charge in [-0.3, -0.25) is 0 Å². The van der Waals surface area contributed by atoms with E-state index in [2.05, 4.69) is 4.72 Å². The lowest BCUT2D eigenvalue weighted by Crippen LogP contribution is -2.39. The summed E-state index contributed by atoms with van der Waals surface area (Å²) in [7, 11) is -3.26. The Morgan fingerprint density at radius 1 is 1.38 bits per heavy atom. The number of nitrogens with one attached hydrogen (secondary N) is 1. The van der Waals surface area contributed by atoms with Crippen molar-refractivity contribution in [3.63, 3.8) is 0 Å². The fourth-order valence-corrected chi connectivity index (χ4v) is 2.87. The molecule has 0 fully saturated rings. The average Bonchev–Trinajstić information content (AvgIpc) is 1.80. The van der Waals surface area contributed by atoms with Crippen LogP contribution in [-0.2, 0) is 10.0 Å². The first-order chi connectivity index (χ1) is 5.66. The van der Waals surface area contributed by atoms with E-state index in [1.807, 2.05) is 20.8 Å². The molecule has 0 aliphatic heterocycles. The first-order valence-electron chi connectivity index (χ1n) is 4.27. The van der Waals surface area contributed by atoms with Crippen LogP contribution in [0.25, 0.3) is 0 Å². The summed E-state index contributed by atoms with van der Waals surface area (Å²) in [6.07, 6.45) is 0. The highest BCUT2D eigenvalue weighted by atomic mass is 32.2. The molecule has 2 N–H and O–H groups in total. The predicted molar refractivity (Wildman–Crippen MR) is 52.9 cm³/mol. The molecule has 0 bridgehead atoms. The van der Waals surface area contributed by atoms with Gasteiger partial charge < -0.3 is 5.11 Å². The van der Waals surface area contributed by atoms with Crippen LogP contribution < -0.4 is 4.72 Å². The molecule has 0 saturated carbocycles. The first kappa shape index (κ1) is 12.9. The summed E-state index contributed by atoms with van der Waals surface area (Å²) >= 11 is 0. The predicted octanol–water partition coefficient (Wildman–Crippen LogP) is 0.333. The van der Waals surface area contributed by atoms with Gasteiger partial charge in [0.05, 0.1) is 12.4 Å². The van der Waals surface area contributed by atoms with Gasteiger partial charge in [0.2, 0.25) is 10.0 Å². The normalized spacial score (nSPS) is 15.8. The van der Waals surface area contributed by atoms with Crippen molar-refractivity contribution in [1.82, 2.24) is 4.72 Å². The van der Waals surface area contributed by atoms with Crippen LogP contribution in [0.5, 0.6) is 0 Å². The summed E-state index contributed by atoms with van der Waals surface area (Å²) in [6, 6.07) is -0.410. The minimum absolute atomic E-state index is 0.0737. The van der Waals surface area contributed by atoms with E-state index in [1.54, 1.807) is 6.92 Å². The van der Waals surface area contributed by atoms with Crippen molar-refractivity contribution in [2.75, 3.05) is 12.4 Å². The zero-order valence-electron chi connectivity index (χ0n) is 8.66. The van der Waals surface area contributed by atoms with Gasteiger partial charge in [-0.05, 0) is 12.3 Å². The maximum absolute atomic E-state index is 11.4. The first-order valence-corrected chi connectivity index (χ1v) is 5.92. The molecule has 0 aromatic heterocycles. The summed E-state index contributed by atoms with van der Waals surface area (Å²) in [4.78, 5) is 0. The number of aliphatic hydroxyl groups excluding tert-OH is 1. The van der Waals surface area contributed by atoms with Crippen molar-refractivity contribution < 1.29 is 13.5 Å². The van der Waals surface area contributed by atoms with Crippen LogP contribution in [0.2, 0.25) is 0 Å². The Balaban J connectivity index is 4.27. The Morgan fingerprint density at radius 3 is 2.15 bits per heavy atom. The van der Waals surface area contributed by atoms with Crippen LogP contribution in [0.4, 0.5) is 0 Å². The van der Waals surface area contributed by atoms with Crippen molar-refractivity contribution >= 4 is 10.0 Å². The van der Waals surface area contributed by atoms with Gasteiger partial charge >= 0.3 is 0 Å². The van der Waals surface area contributed by atoms with E-state index in [0.29, 0.717) is 0 Å². The van der Waals surface area contributed by atoms with Crippen molar-refractivity contribution in [3.05, 3.63) is 0 Å². The second kappa shape index (κ2) is 4.39. The highest BCUT2D eigenvalue weighted by Gasteiger charge is 2.22. The largest absolute Gasteiger partial charge is 0.395 e. The lowest BCUT2D eigenvalue weighted by molar-refractivity contribution is 0.264. The summed E-state index contributed by atoms with van der Waals surface area (Å²) in [5, 5.41) is 8.67. The summed E-state index contributed by atoms with van der Waals surface area (Å²) in [5.74, 6) is 0.0737. The number of aliphatic hydroxyl groups is 1. The van der Waals surface area contributed by atoms with Crippen molar-refractivity contribution in [2.24, 2.45) is 5.41 Å². The minimum atomic E-state index is -3.26. The maximum Gasteiger partial charge on any atom is 0.212 e. The average molecular weight is 209 g/mol. The lowest BCUT2D eigenvalue weighted by atomic mass is 10.0. The number of rotatable bonds is 4. The molecule has 0 unspecified atom stereocenters. The molecule has 1 atom stereocenters. The molecule has 0 aliphatic rings. The van der Waals surface area contributed by atoms with E-state index in [1.165, 1.54) is 0 Å². The molecule has 0 heterocycles. The second-order valence-corrected chi connectivity index (χ2v) is 6.28. The highest BCUT2D eigenvalue weighted by molar-refractivity contribution is 7.89. The second-order valence-electron chi connectivity index (χ2n) is 4.52. The van der Waals surface area contributed by atoms with Gasteiger partial charge in [-0.1, -0.05) is 20.8 Å². The summed E-state index contributed by atoms with van der Waals surface area (Å²) < 4.78 is 25.2. The number of sulfonamides is 1. The maximum atomic E-state index is 11.4. The molecule has 5 heteroatoms. The van der Waals surface area contributed by atoms with Gasteiger partial charge in [0.1, 0.15) is 0 Å². The Labute approximate surface area is 80.4 Å². The van der Waals surface area contributed by atoms with Gasteiger partial charge in [-0.25, -0.2) is 13.1 Å². The van der Waals surface area contributed by atoms with Crippen LogP contribution >= 0.6 is 0 Å². The van der Waals surface area contributed by atoms with E-state index < -0.39 is 16.1 Å². The van der Waals surface area contributed by atoms with Crippen molar-refractivity contribution in [2.45, 2.75) is 33.7 Å². The number of hydrogen-bond acceptors (Lipinski definition) is 3. The Bertz CT molecular complexity index is 241. The van der Waals surface area contributed by atoms with Crippen LogP contribution in [0.15, 0.2) is 0 Å². The summed E-state index contributed by atoms with van der Waals surface area (Å²) in [6.45, 7) is 7.02. The Hall–Kier alpha value is -0.130. The van der Waals surface area contributed by atoms with E-state index >= 15 is 0 Å². The molecule has 0 radical (unpaired) electrons. The molecule has 0 rings (SSSR count). The van der Waals surface area contributed by atoms with Gasteiger partial charge in [-0.15, -0.1) is 0 Å². The minimum Gasteiger partial charge on any atom is -0.395 e. The van der Waals surface area contributed by atoms with Gasteiger partial charge in [0.25, 0.3) is 0 Å². The molecule has 0 aliphatic carbocycles. The lowest BCUT2D eigenvalue weighted by Gasteiger charge is -2.20. The van der Waals surface area contributed by atoms with E-state index in [-0.39, 0.29) is 17.8 Å². The van der Waals surface area contributed by atoms with Crippen LogP contribution in [0.3, 0.4) is 0 Å². The van der Waals surface area contributed by atoms with Gasteiger partial charge in [0, 0.05) is 6.04 Å². The molecular formula is C8H19NO3S. The Morgan fingerprint density at radius 2 is 1.85 bits per heavy atom. The zero-order chi connectivity index (χ0) is 10.7. The monoisotopic (exact) mass is 209 g/mol. The third-order valence-electron chi connectivity index (χ3n) is 1.28. The van der Waals surface area contributed by atoms with Gasteiger partial charge in [0.15, 0.2) is 0 Å². The molecule has 0 amide bonds. The molecular weight excluding hydrogens is 190 g/mol. The molecule has 0 saturated heterocycles. The smallest absolute Gasteiger partial charge is 0.212 e. The topological polar surface area (TPSA) is 66.4 Å². The Kier molecular flexibility index (Phi) is 4.35. The third kappa shape index (κ3) is 6.98. The van der Waals surface area contributed by atoms with Crippen LogP contribution in [0.1, 0.15) is 27.7 Å². The SMILES string of the molecule is C[C@@H](CO)NS(=O)(=O)CC(C)(C)C. The molecule has 0 spiro atoms. The number of hydrogen-bond donors (Lipinski definition) is 2. The van der Waals surface area contributed by atoms with E-state index in [9.17, 15) is 8.42 Å². The molecule has 4 nitrogen and oxygen atoms in total. The quantitative estimate of drug-likeness (QED) is 0.701.